The van der Waals surface area contributed by atoms with E-state index in [9.17, 15) is 18.0 Å². The van der Waals surface area contributed by atoms with Gasteiger partial charge < -0.3 is 15.0 Å². The van der Waals surface area contributed by atoms with E-state index in [0.29, 0.717) is 12.8 Å². The van der Waals surface area contributed by atoms with Crippen LogP contribution >= 0.6 is 0 Å². The van der Waals surface area contributed by atoms with Crippen molar-refractivity contribution in [3.63, 3.8) is 0 Å². The zero-order chi connectivity index (χ0) is 17.6. The molecule has 1 aromatic rings. The Kier molecular flexibility index (Phi) is 6.19. The third kappa shape index (κ3) is 5.52. The zero-order valence-corrected chi connectivity index (χ0v) is 14.4. The normalized spacial score (nSPS) is 17.0. The summed E-state index contributed by atoms with van der Waals surface area (Å²) in [6.45, 7) is -0.0371. The molecule has 1 N–H and O–H groups in total. The lowest BCUT2D eigenvalue weighted by Gasteiger charge is -2.31. The highest BCUT2D eigenvalue weighted by molar-refractivity contribution is 7.91. The molecule has 132 valence electrons. The van der Waals surface area contributed by atoms with E-state index in [-0.39, 0.29) is 36.6 Å². The van der Waals surface area contributed by atoms with Gasteiger partial charge in [0, 0.05) is 13.1 Å². The summed E-state index contributed by atoms with van der Waals surface area (Å²) in [5, 5.41) is 2.42. The van der Waals surface area contributed by atoms with Gasteiger partial charge in [-0.2, -0.15) is 0 Å². The number of ether oxygens (including phenoxy) is 1. The molecular formula is C16H22N2O5S. The molecule has 8 heteroatoms. The van der Waals surface area contributed by atoms with Crippen molar-refractivity contribution >= 4 is 21.8 Å². The number of sulfone groups is 1. The molecule has 1 fully saturated rings. The number of hydrogen-bond acceptors (Lipinski definition) is 5. The lowest BCUT2D eigenvalue weighted by Crippen LogP contribution is -2.46. The van der Waals surface area contributed by atoms with Crippen molar-refractivity contribution in [2.75, 3.05) is 25.1 Å². The van der Waals surface area contributed by atoms with Crippen LogP contribution < -0.4 is 5.32 Å². The van der Waals surface area contributed by atoms with Gasteiger partial charge in [0.15, 0.2) is 0 Å². The molecule has 2 rings (SSSR count). The average molecular weight is 354 g/mol. The number of likely N-dealkylation sites (N-methyl/N-ethyl adjacent to an activating group) is 1. The number of hydrogen-bond donors (Lipinski definition) is 1. The molecule has 0 bridgehead atoms. The van der Waals surface area contributed by atoms with Crippen LogP contribution in [0.4, 0.5) is 4.79 Å². The Hall–Kier alpha value is -2.09. The molecule has 1 aromatic carbocycles. The third-order valence-electron chi connectivity index (χ3n) is 4.06. The Morgan fingerprint density at radius 1 is 1.21 bits per heavy atom. The fourth-order valence-electron chi connectivity index (χ4n) is 2.52. The summed E-state index contributed by atoms with van der Waals surface area (Å²) in [6.07, 6.45) is 0.207. The van der Waals surface area contributed by atoms with Crippen LogP contribution in [0, 0.1) is 0 Å². The summed E-state index contributed by atoms with van der Waals surface area (Å²) in [5.41, 5.74) is 0.861. The van der Waals surface area contributed by atoms with Crippen LogP contribution in [0.5, 0.6) is 0 Å². The van der Waals surface area contributed by atoms with Gasteiger partial charge in [0.1, 0.15) is 23.0 Å². The quantitative estimate of drug-likeness (QED) is 0.850. The smallest absolute Gasteiger partial charge is 0.407 e. The number of benzene rings is 1. The highest BCUT2D eigenvalue weighted by Gasteiger charge is 2.28. The largest absolute Gasteiger partial charge is 0.445 e. The van der Waals surface area contributed by atoms with E-state index in [0.717, 1.165) is 5.56 Å². The Balaban J connectivity index is 1.71. The summed E-state index contributed by atoms with van der Waals surface area (Å²) >= 11 is 0. The molecule has 1 saturated heterocycles. The van der Waals surface area contributed by atoms with Gasteiger partial charge in [-0.15, -0.1) is 0 Å². The van der Waals surface area contributed by atoms with Crippen molar-refractivity contribution in [2.45, 2.75) is 25.5 Å². The first kappa shape index (κ1) is 18.3. The second kappa shape index (κ2) is 8.14. The lowest BCUT2D eigenvalue weighted by molar-refractivity contribution is -0.131. The van der Waals surface area contributed by atoms with Gasteiger partial charge in [-0.05, 0) is 18.4 Å². The van der Waals surface area contributed by atoms with Crippen molar-refractivity contribution in [1.29, 1.82) is 0 Å². The molecule has 1 aliphatic rings. The molecule has 2 amide bonds. The average Bonchev–Trinajstić information content (AvgIpc) is 2.58. The van der Waals surface area contributed by atoms with E-state index in [4.69, 9.17) is 4.74 Å². The molecule has 0 spiro atoms. The van der Waals surface area contributed by atoms with Gasteiger partial charge >= 0.3 is 6.09 Å². The van der Waals surface area contributed by atoms with E-state index in [1.807, 2.05) is 30.3 Å². The summed E-state index contributed by atoms with van der Waals surface area (Å²) in [5.74, 6) is -0.0696. The Morgan fingerprint density at radius 2 is 1.83 bits per heavy atom. The minimum atomic E-state index is -2.96. The molecule has 0 atom stereocenters. The van der Waals surface area contributed by atoms with Crippen molar-refractivity contribution in [3.05, 3.63) is 35.9 Å². The minimum absolute atomic E-state index is 0.0990. The molecule has 0 unspecified atom stereocenters. The number of alkyl carbamates (subject to hydrolysis) is 1. The van der Waals surface area contributed by atoms with Gasteiger partial charge in [-0.3, -0.25) is 4.79 Å². The number of carbonyl (C=O) groups is 2. The summed E-state index contributed by atoms with van der Waals surface area (Å²) in [6, 6.07) is 9.13. The first-order chi connectivity index (χ1) is 11.4. The molecule has 0 radical (unpaired) electrons. The summed E-state index contributed by atoms with van der Waals surface area (Å²) < 4.78 is 27.9. The predicted octanol–water partition coefficient (Wildman–Crippen LogP) is 0.948. The van der Waals surface area contributed by atoms with Crippen LogP contribution in [0.15, 0.2) is 30.3 Å². The molecular weight excluding hydrogens is 332 g/mol. The Bertz CT molecular complexity index is 661. The van der Waals surface area contributed by atoms with Crippen molar-refractivity contribution in [2.24, 2.45) is 0 Å². The standard InChI is InChI=1S/C16H22N2O5S/c1-18(14-7-9-24(21,22)10-8-14)15(19)11-17-16(20)23-12-13-5-3-2-4-6-13/h2-6,14H,7-12H2,1H3,(H,17,20). The number of nitrogens with one attached hydrogen (secondary N) is 1. The van der Waals surface area contributed by atoms with E-state index in [1.165, 1.54) is 4.90 Å². The lowest BCUT2D eigenvalue weighted by atomic mass is 10.1. The maximum absolute atomic E-state index is 12.1. The van der Waals surface area contributed by atoms with Crippen molar-refractivity contribution in [3.8, 4) is 0 Å². The monoisotopic (exact) mass is 354 g/mol. The van der Waals surface area contributed by atoms with E-state index < -0.39 is 15.9 Å². The molecule has 7 nitrogen and oxygen atoms in total. The van der Waals surface area contributed by atoms with E-state index in [1.54, 1.807) is 7.05 Å². The number of rotatable bonds is 5. The number of amides is 2. The molecule has 1 aliphatic heterocycles. The highest BCUT2D eigenvalue weighted by Crippen LogP contribution is 2.16. The van der Waals surface area contributed by atoms with Crippen LogP contribution in [0.3, 0.4) is 0 Å². The van der Waals surface area contributed by atoms with Gasteiger partial charge in [-0.25, -0.2) is 13.2 Å². The number of nitrogens with zero attached hydrogens (tertiary/aromatic N) is 1. The Labute approximate surface area is 141 Å². The summed E-state index contributed by atoms with van der Waals surface area (Å²) in [4.78, 5) is 25.2. The van der Waals surface area contributed by atoms with Crippen LogP contribution in [-0.4, -0.2) is 56.5 Å². The molecule has 24 heavy (non-hydrogen) atoms. The fourth-order valence-corrected chi connectivity index (χ4v) is 3.98. The number of carbonyl (C=O) groups excluding carboxylic acids is 2. The second-order valence-electron chi connectivity index (χ2n) is 5.80. The first-order valence-electron chi connectivity index (χ1n) is 7.78. The van der Waals surface area contributed by atoms with E-state index in [2.05, 4.69) is 5.32 Å². The fraction of sp³-hybridized carbons (Fsp3) is 0.500. The summed E-state index contributed by atoms with van der Waals surface area (Å²) in [7, 11) is -1.34. The molecule has 1 heterocycles. The van der Waals surface area contributed by atoms with Crippen LogP contribution in [-0.2, 0) is 26.0 Å². The van der Waals surface area contributed by atoms with Crippen molar-refractivity contribution < 1.29 is 22.7 Å². The predicted molar refractivity (Wildman–Crippen MR) is 89.1 cm³/mol. The topological polar surface area (TPSA) is 92.8 Å². The molecule has 0 aliphatic carbocycles. The third-order valence-corrected chi connectivity index (χ3v) is 5.78. The maximum atomic E-state index is 12.1. The van der Waals surface area contributed by atoms with Crippen LogP contribution in [0.2, 0.25) is 0 Å². The second-order valence-corrected chi connectivity index (χ2v) is 8.11. The van der Waals surface area contributed by atoms with Gasteiger partial charge in [-0.1, -0.05) is 30.3 Å². The van der Waals surface area contributed by atoms with Gasteiger partial charge in [0.25, 0.3) is 0 Å². The Morgan fingerprint density at radius 3 is 2.46 bits per heavy atom. The van der Waals surface area contributed by atoms with Crippen LogP contribution in [0.25, 0.3) is 0 Å². The van der Waals surface area contributed by atoms with E-state index >= 15 is 0 Å². The van der Waals surface area contributed by atoms with Crippen LogP contribution in [0.1, 0.15) is 18.4 Å². The van der Waals surface area contributed by atoms with Gasteiger partial charge in [0.2, 0.25) is 5.91 Å². The molecule has 0 aromatic heterocycles. The highest BCUT2D eigenvalue weighted by atomic mass is 32.2. The van der Waals surface area contributed by atoms with Crippen molar-refractivity contribution in [1.82, 2.24) is 10.2 Å². The SMILES string of the molecule is CN(C(=O)CNC(=O)OCc1ccccc1)C1CCS(=O)(=O)CC1. The zero-order valence-electron chi connectivity index (χ0n) is 13.6. The van der Waals surface area contributed by atoms with Gasteiger partial charge in [0.05, 0.1) is 11.5 Å². The first-order valence-corrected chi connectivity index (χ1v) is 9.60. The minimum Gasteiger partial charge on any atom is -0.445 e. The molecule has 0 saturated carbocycles. The maximum Gasteiger partial charge on any atom is 0.407 e.